The van der Waals surface area contributed by atoms with E-state index in [-0.39, 0.29) is 23.0 Å². The third-order valence-electron chi connectivity index (χ3n) is 3.60. The second kappa shape index (κ2) is 7.16. The minimum atomic E-state index is -0.410. The molecule has 23 heavy (non-hydrogen) atoms. The van der Waals surface area contributed by atoms with Gasteiger partial charge in [-0.1, -0.05) is 6.92 Å². The van der Waals surface area contributed by atoms with Crippen LogP contribution in [-0.2, 0) is 0 Å². The van der Waals surface area contributed by atoms with Crippen LogP contribution in [0.4, 0.5) is 0 Å². The van der Waals surface area contributed by atoms with Crippen molar-refractivity contribution >= 4 is 5.91 Å². The SMILES string of the molecule is Cc1oc(-n2cccc2)c(C#N)c1C(=O)NCC(C)CC(C)O. The van der Waals surface area contributed by atoms with Crippen LogP contribution in [-0.4, -0.2) is 28.2 Å². The van der Waals surface area contributed by atoms with E-state index in [4.69, 9.17) is 4.42 Å². The predicted octanol–water partition coefficient (Wildman–Crippen LogP) is 2.39. The van der Waals surface area contributed by atoms with Crippen LogP contribution < -0.4 is 5.32 Å². The van der Waals surface area contributed by atoms with Gasteiger partial charge in [0.1, 0.15) is 23.0 Å². The molecule has 2 atom stereocenters. The van der Waals surface area contributed by atoms with Crippen molar-refractivity contribution < 1.29 is 14.3 Å². The number of aryl methyl sites for hydroxylation is 1. The van der Waals surface area contributed by atoms with E-state index in [9.17, 15) is 15.2 Å². The van der Waals surface area contributed by atoms with Crippen molar-refractivity contribution in [2.24, 2.45) is 5.92 Å². The Hall–Kier alpha value is -2.52. The van der Waals surface area contributed by atoms with Gasteiger partial charge in [0.15, 0.2) is 0 Å². The lowest BCUT2D eigenvalue weighted by Gasteiger charge is -2.14. The first kappa shape index (κ1) is 16.8. The minimum Gasteiger partial charge on any atom is -0.443 e. The number of aliphatic hydroxyl groups is 1. The number of nitrogens with one attached hydrogen (secondary N) is 1. The first-order valence-electron chi connectivity index (χ1n) is 7.57. The molecule has 0 bridgehead atoms. The van der Waals surface area contributed by atoms with E-state index in [1.54, 1.807) is 30.8 Å². The normalized spacial score (nSPS) is 13.3. The van der Waals surface area contributed by atoms with E-state index in [0.717, 1.165) is 0 Å². The first-order valence-corrected chi connectivity index (χ1v) is 7.57. The number of carbonyl (C=O) groups is 1. The highest BCUT2D eigenvalue weighted by Gasteiger charge is 2.24. The fraction of sp³-hybridized carbons (Fsp3) is 0.412. The lowest BCUT2D eigenvalue weighted by molar-refractivity contribution is 0.0937. The van der Waals surface area contributed by atoms with Crippen molar-refractivity contribution in [2.45, 2.75) is 33.3 Å². The number of hydrogen-bond donors (Lipinski definition) is 2. The predicted molar refractivity (Wildman–Crippen MR) is 85.3 cm³/mol. The summed E-state index contributed by atoms with van der Waals surface area (Å²) in [5.41, 5.74) is 0.486. The fourth-order valence-electron chi connectivity index (χ4n) is 2.58. The summed E-state index contributed by atoms with van der Waals surface area (Å²) in [5, 5.41) is 21.6. The summed E-state index contributed by atoms with van der Waals surface area (Å²) in [6.07, 6.45) is 3.70. The number of amides is 1. The van der Waals surface area contributed by atoms with Crippen molar-refractivity contribution in [3.05, 3.63) is 41.4 Å². The summed E-state index contributed by atoms with van der Waals surface area (Å²) in [4.78, 5) is 12.4. The van der Waals surface area contributed by atoms with Crippen LogP contribution in [0.3, 0.4) is 0 Å². The molecule has 0 saturated heterocycles. The van der Waals surface area contributed by atoms with E-state index in [1.807, 2.05) is 19.1 Å². The van der Waals surface area contributed by atoms with E-state index in [2.05, 4.69) is 11.4 Å². The smallest absolute Gasteiger partial charge is 0.256 e. The zero-order valence-electron chi connectivity index (χ0n) is 13.5. The number of aliphatic hydroxyl groups excluding tert-OH is 1. The molecule has 0 spiro atoms. The highest BCUT2D eigenvalue weighted by Crippen LogP contribution is 2.25. The van der Waals surface area contributed by atoms with Gasteiger partial charge in [-0.3, -0.25) is 9.36 Å². The molecule has 2 aromatic rings. The van der Waals surface area contributed by atoms with Crippen LogP contribution in [0.15, 0.2) is 28.9 Å². The minimum absolute atomic E-state index is 0.139. The molecule has 1 amide bonds. The second-order valence-corrected chi connectivity index (χ2v) is 5.82. The van der Waals surface area contributed by atoms with Crippen LogP contribution in [0.2, 0.25) is 0 Å². The molecule has 0 fully saturated rings. The molecule has 6 heteroatoms. The van der Waals surface area contributed by atoms with Gasteiger partial charge in [-0.2, -0.15) is 5.26 Å². The Morgan fingerprint density at radius 3 is 2.65 bits per heavy atom. The third kappa shape index (κ3) is 3.82. The summed E-state index contributed by atoms with van der Waals surface area (Å²) in [5.74, 6) is 0.558. The molecule has 122 valence electrons. The summed E-state index contributed by atoms with van der Waals surface area (Å²) in [6, 6.07) is 5.69. The number of furan rings is 1. The van der Waals surface area contributed by atoms with Crippen LogP contribution in [0.25, 0.3) is 5.88 Å². The Morgan fingerprint density at radius 1 is 1.43 bits per heavy atom. The summed E-state index contributed by atoms with van der Waals surface area (Å²) >= 11 is 0. The standard InChI is InChI=1S/C17H21N3O3/c1-11(8-12(2)21)10-19-16(22)15-13(3)23-17(14(15)9-18)20-6-4-5-7-20/h4-7,11-12,21H,8,10H2,1-3H3,(H,19,22). The Bertz CT molecular complexity index is 708. The lowest BCUT2D eigenvalue weighted by Crippen LogP contribution is -2.30. The van der Waals surface area contributed by atoms with Crippen LogP contribution in [0, 0.1) is 24.2 Å². The van der Waals surface area contributed by atoms with E-state index in [1.165, 1.54) is 0 Å². The molecule has 6 nitrogen and oxygen atoms in total. The van der Waals surface area contributed by atoms with Crippen molar-refractivity contribution in [1.82, 2.24) is 9.88 Å². The lowest BCUT2D eigenvalue weighted by atomic mass is 10.0. The van der Waals surface area contributed by atoms with Crippen molar-refractivity contribution in [3.8, 4) is 12.0 Å². The molecule has 2 heterocycles. The molecule has 2 rings (SSSR count). The van der Waals surface area contributed by atoms with Crippen LogP contribution >= 0.6 is 0 Å². The third-order valence-corrected chi connectivity index (χ3v) is 3.60. The molecule has 0 aliphatic rings. The molecule has 2 N–H and O–H groups in total. The molecule has 0 aromatic carbocycles. The quantitative estimate of drug-likeness (QED) is 0.856. The Labute approximate surface area is 135 Å². The average Bonchev–Trinajstić information content (AvgIpc) is 3.10. The highest BCUT2D eigenvalue weighted by molar-refractivity contribution is 5.98. The molecule has 0 aliphatic heterocycles. The van der Waals surface area contributed by atoms with Gasteiger partial charge in [-0.25, -0.2) is 0 Å². The number of nitrogens with zero attached hydrogens (tertiary/aromatic N) is 2. The number of aromatic nitrogens is 1. The van der Waals surface area contributed by atoms with Gasteiger partial charge in [-0.05, 0) is 38.3 Å². The maximum atomic E-state index is 12.4. The van der Waals surface area contributed by atoms with Gasteiger partial charge in [0, 0.05) is 18.9 Å². The van der Waals surface area contributed by atoms with Gasteiger partial charge in [0.2, 0.25) is 5.88 Å². The highest BCUT2D eigenvalue weighted by atomic mass is 16.4. The van der Waals surface area contributed by atoms with E-state index < -0.39 is 6.10 Å². The van der Waals surface area contributed by atoms with Crippen LogP contribution in [0.5, 0.6) is 0 Å². The Balaban J connectivity index is 2.19. The van der Waals surface area contributed by atoms with Crippen molar-refractivity contribution in [2.75, 3.05) is 6.54 Å². The maximum absolute atomic E-state index is 12.4. The average molecular weight is 315 g/mol. The number of nitriles is 1. The van der Waals surface area contributed by atoms with Gasteiger partial charge in [0.05, 0.1) is 6.10 Å². The van der Waals surface area contributed by atoms with Crippen LogP contribution in [0.1, 0.15) is 41.9 Å². The first-order chi connectivity index (χ1) is 10.9. The number of hydrogen-bond acceptors (Lipinski definition) is 4. The Kier molecular flexibility index (Phi) is 5.24. The second-order valence-electron chi connectivity index (χ2n) is 5.82. The number of rotatable bonds is 6. The molecular formula is C17H21N3O3. The summed E-state index contributed by atoms with van der Waals surface area (Å²) in [6.45, 7) is 5.77. The molecule has 0 saturated carbocycles. The zero-order valence-corrected chi connectivity index (χ0v) is 13.5. The maximum Gasteiger partial charge on any atom is 0.256 e. The van der Waals surface area contributed by atoms with E-state index >= 15 is 0 Å². The largest absolute Gasteiger partial charge is 0.443 e. The summed E-state index contributed by atoms with van der Waals surface area (Å²) < 4.78 is 7.28. The number of carbonyl (C=O) groups excluding carboxylic acids is 1. The van der Waals surface area contributed by atoms with Crippen molar-refractivity contribution in [1.29, 1.82) is 5.26 Å². The zero-order chi connectivity index (χ0) is 17.0. The molecular weight excluding hydrogens is 294 g/mol. The van der Waals surface area contributed by atoms with Gasteiger partial charge < -0.3 is 14.8 Å². The topological polar surface area (TPSA) is 91.2 Å². The molecule has 2 aromatic heterocycles. The summed E-state index contributed by atoms with van der Waals surface area (Å²) in [7, 11) is 0. The van der Waals surface area contributed by atoms with Gasteiger partial charge >= 0.3 is 0 Å². The fourth-order valence-corrected chi connectivity index (χ4v) is 2.58. The molecule has 0 radical (unpaired) electrons. The van der Waals surface area contributed by atoms with Crippen molar-refractivity contribution in [3.63, 3.8) is 0 Å². The van der Waals surface area contributed by atoms with Gasteiger partial charge in [0.25, 0.3) is 5.91 Å². The molecule has 2 unspecified atom stereocenters. The molecule has 0 aliphatic carbocycles. The van der Waals surface area contributed by atoms with Gasteiger partial charge in [-0.15, -0.1) is 0 Å². The Morgan fingerprint density at radius 2 is 2.09 bits per heavy atom. The van der Waals surface area contributed by atoms with E-state index in [0.29, 0.717) is 24.6 Å². The monoisotopic (exact) mass is 315 g/mol.